The van der Waals surface area contributed by atoms with Crippen LogP contribution in [0.15, 0.2) is 18.2 Å². The molecular weight excluding hydrogens is 374 g/mol. The largest absolute Gasteiger partial charge is 0.336 e. The number of H-pyrrole nitrogens is 1. The molecule has 0 aromatic carbocycles. The summed E-state index contributed by atoms with van der Waals surface area (Å²) in [6, 6.07) is 6.18. The second kappa shape index (κ2) is 8.50. The molecular formula is C24H35N5O. The highest BCUT2D eigenvalue weighted by molar-refractivity contribution is 5.94. The molecule has 0 saturated carbocycles. The monoisotopic (exact) mass is 409 g/mol. The first-order valence-electron chi connectivity index (χ1n) is 11.3. The lowest BCUT2D eigenvalue weighted by atomic mass is 9.71. The molecule has 162 valence electrons. The average molecular weight is 410 g/mol. The summed E-state index contributed by atoms with van der Waals surface area (Å²) in [5, 5.41) is 7.64. The molecule has 1 aliphatic heterocycles. The highest BCUT2D eigenvalue weighted by Gasteiger charge is 2.34. The molecule has 1 unspecified atom stereocenters. The maximum absolute atomic E-state index is 13.4. The van der Waals surface area contributed by atoms with E-state index in [0.717, 1.165) is 75.4 Å². The highest BCUT2D eigenvalue weighted by Crippen LogP contribution is 2.37. The zero-order chi connectivity index (χ0) is 21.3. The first-order valence-corrected chi connectivity index (χ1v) is 11.3. The summed E-state index contributed by atoms with van der Waals surface area (Å²) in [7, 11) is 0. The van der Waals surface area contributed by atoms with Gasteiger partial charge in [-0.3, -0.25) is 19.8 Å². The summed E-state index contributed by atoms with van der Waals surface area (Å²) < 4.78 is 0. The summed E-state index contributed by atoms with van der Waals surface area (Å²) in [5.41, 5.74) is 5.40. The average Bonchev–Trinajstić information content (AvgIpc) is 2.98. The lowest BCUT2D eigenvalue weighted by molar-refractivity contribution is 0.0752. The number of amides is 1. The molecule has 0 bridgehead atoms. The van der Waals surface area contributed by atoms with Crippen molar-refractivity contribution in [1.82, 2.24) is 25.0 Å². The third kappa shape index (κ3) is 4.59. The Morgan fingerprint density at radius 1 is 1.20 bits per heavy atom. The summed E-state index contributed by atoms with van der Waals surface area (Å²) in [6.45, 7) is 13.2. The van der Waals surface area contributed by atoms with Crippen molar-refractivity contribution in [2.24, 2.45) is 11.3 Å². The Kier molecular flexibility index (Phi) is 5.96. The van der Waals surface area contributed by atoms with Crippen LogP contribution in [-0.2, 0) is 19.4 Å². The van der Waals surface area contributed by atoms with Gasteiger partial charge >= 0.3 is 0 Å². The van der Waals surface area contributed by atoms with Gasteiger partial charge in [-0.2, -0.15) is 5.10 Å². The van der Waals surface area contributed by atoms with Crippen LogP contribution in [0, 0.1) is 18.3 Å². The number of nitrogens with zero attached hydrogens (tertiary/aromatic N) is 4. The van der Waals surface area contributed by atoms with Crippen LogP contribution in [0.3, 0.4) is 0 Å². The number of aryl methyl sites for hydroxylation is 2. The molecule has 0 radical (unpaired) electrons. The Morgan fingerprint density at radius 2 is 2.03 bits per heavy atom. The van der Waals surface area contributed by atoms with Crippen molar-refractivity contribution < 1.29 is 4.79 Å². The Labute approximate surface area is 180 Å². The summed E-state index contributed by atoms with van der Waals surface area (Å²) in [6.07, 6.45) is 4.09. The first-order chi connectivity index (χ1) is 14.3. The molecule has 3 heterocycles. The molecule has 30 heavy (non-hydrogen) atoms. The quantitative estimate of drug-likeness (QED) is 0.841. The zero-order valence-corrected chi connectivity index (χ0v) is 18.9. The van der Waals surface area contributed by atoms with Gasteiger partial charge in [-0.05, 0) is 56.1 Å². The van der Waals surface area contributed by atoms with E-state index in [-0.39, 0.29) is 11.3 Å². The van der Waals surface area contributed by atoms with Crippen molar-refractivity contribution in [2.45, 2.75) is 59.9 Å². The van der Waals surface area contributed by atoms with Gasteiger partial charge in [0.05, 0.1) is 5.69 Å². The number of rotatable bonds is 3. The molecule has 2 aromatic heterocycles. The SMILES string of the molecule is Cc1cccc(CN2CCCN(C(=O)c3n[nH]c4c3CC(C(C)(C)C)CC4)CC2)n1. The molecule has 6 nitrogen and oxygen atoms in total. The van der Waals surface area contributed by atoms with Crippen LogP contribution < -0.4 is 0 Å². The van der Waals surface area contributed by atoms with Crippen LogP contribution in [0.2, 0.25) is 0 Å². The van der Waals surface area contributed by atoms with Crippen LogP contribution in [0.4, 0.5) is 0 Å². The summed E-state index contributed by atoms with van der Waals surface area (Å²) >= 11 is 0. The number of nitrogens with one attached hydrogen (secondary N) is 1. The van der Waals surface area contributed by atoms with E-state index in [9.17, 15) is 4.79 Å². The van der Waals surface area contributed by atoms with Crippen molar-refractivity contribution in [1.29, 1.82) is 0 Å². The van der Waals surface area contributed by atoms with E-state index in [4.69, 9.17) is 0 Å². The Hall–Kier alpha value is -2.21. The molecule has 1 fully saturated rings. The van der Waals surface area contributed by atoms with Crippen molar-refractivity contribution >= 4 is 5.91 Å². The molecule has 1 atom stereocenters. The topological polar surface area (TPSA) is 65.1 Å². The van der Waals surface area contributed by atoms with Gasteiger partial charge in [0, 0.05) is 49.7 Å². The molecule has 1 aliphatic carbocycles. The fraction of sp³-hybridized carbons (Fsp3) is 0.625. The maximum atomic E-state index is 13.4. The molecule has 0 spiro atoms. The van der Waals surface area contributed by atoms with E-state index in [2.05, 4.69) is 53.0 Å². The van der Waals surface area contributed by atoms with E-state index in [1.165, 1.54) is 5.69 Å². The van der Waals surface area contributed by atoms with Crippen LogP contribution in [0.5, 0.6) is 0 Å². The molecule has 2 aromatic rings. The van der Waals surface area contributed by atoms with Gasteiger partial charge in [-0.1, -0.05) is 26.8 Å². The third-order valence-corrected chi connectivity index (χ3v) is 6.78. The number of aromatic nitrogens is 3. The minimum Gasteiger partial charge on any atom is -0.336 e. The second-order valence-electron chi connectivity index (χ2n) is 10.0. The minimum atomic E-state index is 0.0950. The third-order valence-electron chi connectivity index (χ3n) is 6.78. The van der Waals surface area contributed by atoms with Crippen molar-refractivity contribution in [2.75, 3.05) is 26.2 Å². The van der Waals surface area contributed by atoms with Gasteiger partial charge in [-0.15, -0.1) is 0 Å². The van der Waals surface area contributed by atoms with E-state index in [0.29, 0.717) is 11.6 Å². The number of hydrogen-bond acceptors (Lipinski definition) is 4. The van der Waals surface area contributed by atoms with Gasteiger partial charge in [-0.25, -0.2) is 0 Å². The van der Waals surface area contributed by atoms with Crippen LogP contribution >= 0.6 is 0 Å². The second-order valence-corrected chi connectivity index (χ2v) is 10.0. The predicted molar refractivity (Wildman–Crippen MR) is 118 cm³/mol. The lowest BCUT2D eigenvalue weighted by Crippen LogP contribution is -2.36. The predicted octanol–water partition coefficient (Wildman–Crippen LogP) is 3.61. The van der Waals surface area contributed by atoms with E-state index in [1.54, 1.807) is 0 Å². The number of aromatic amines is 1. The Bertz CT molecular complexity index is 897. The summed E-state index contributed by atoms with van der Waals surface area (Å²) in [5.74, 6) is 0.688. The van der Waals surface area contributed by atoms with Crippen LogP contribution in [0.25, 0.3) is 0 Å². The number of pyridine rings is 1. The van der Waals surface area contributed by atoms with Gasteiger partial charge < -0.3 is 4.90 Å². The lowest BCUT2D eigenvalue weighted by Gasteiger charge is -2.34. The van der Waals surface area contributed by atoms with Gasteiger partial charge in [0.15, 0.2) is 5.69 Å². The molecule has 4 rings (SSSR count). The smallest absolute Gasteiger partial charge is 0.274 e. The standard InChI is InChI=1S/C24H35N5O/c1-17-7-5-8-19(25-17)16-28-11-6-12-29(14-13-28)23(30)22-20-15-18(24(2,3)4)9-10-21(20)26-27-22/h5,7-8,18H,6,9-16H2,1-4H3,(H,26,27). The number of hydrogen-bond donors (Lipinski definition) is 1. The van der Waals surface area contributed by atoms with Gasteiger partial charge in [0.2, 0.25) is 0 Å². The highest BCUT2D eigenvalue weighted by atomic mass is 16.2. The van der Waals surface area contributed by atoms with Crippen LogP contribution in [-0.4, -0.2) is 57.1 Å². The minimum absolute atomic E-state index is 0.0950. The fourth-order valence-electron chi connectivity index (χ4n) is 4.81. The Morgan fingerprint density at radius 3 is 2.80 bits per heavy atom. The summed E-state index contributed by atoms with van der Waals surface area (Å²) in [4.78, 5) is 22.4. The van der Waals surface area contributed by atoms with Crippen molar-refractivity contribution in [3.05, 3.63) is 46.5 Å². The van der Waals surface area contributed by atoms with Gasteiger partial charge in [0.1, 0.15) is 0 Å². The number of carbonyl (C=O) groups excluding carboxylic acids is 1. The molecule has 6 heteroatoms. The molecule has 1 saturated heterocycles. The van der Waals surface area contributed by atoms with E-state index in [1.807, 2.05) is 17.9 Å². The number of carbonyl (C=O) groups is 1. The van der Waals surface area contributed by atoms with E-state index < -0.39 is 0 Å². The normalized spacial score (nSPS) is 20.7. The van der Waals surface area contributed by atoms with Crippen molar-refractivity contribution in [3.63, 3.8) is 0 Å². The Balaban J connectivity index is 1.42. The van der Waals surface area contributed by atoms with E-state index >= 15 is 0 Å². The fourth-order valence-corrected chi connectivity index (χ4v) is 4.81. The van der Waals surface area contributed by atoms with Crippen LogP contribution in [0.1, 0.15) is 66.7 Å². The zero-order valence-electron chi connectivity index (χ0n) is 18.9. The first kappa shape index (κ1) is 21.0. The molecule has 1 amide bonds. The van der Waals surface area contributed by atoms with Crippen molar-refractivity contribution in [3.8, 4) is 0 Å². The van der Waals surface area contributed by atoms with Gasteiger partial charge in [0.25, 0.3) is 5.91 Å². The molecule has 2 aliphatic rings. The number of fused-ring (bicyclic) bond motifs is 1. The maximum Gasteiger partial charge on any atom is 0.274 e. The molecule has 1 N–H and O–H groups in total.